The van der Waals surface area contributed by atoms with Crippen LogP contribution in [-0.4, -0.2) is 22.3 Å². The number of nitrogens with two attached hydrogens (primary N) is 2. The molecule has 11 heteroatoms. The van der Waals surface area contributed by atoms with E-state index < -0.39 is 51.6 Å². The van der Waals surface area contributed by atoms with E-state index in [1.54, 1.807) is 12.1 Å². The number of carbonyl (C=O) groups is 2. The molecule has 31 heavy (non-hydrogen) atoms. The molecule has 5 nitrogen and oxygen atoms in total. The Labute approximate surface area is 184 Å². The highest BCUT2D eigenvalue weighted by molar-refractivity contribution is 6.53. The Morgan fingerprint density at radius 2 is 1.84 bits per heavy atom. The minimum Gasteiger partial charge on any atom is -0.426 e. The van der Waals surface area contributed by atoms with Gasteiger partial charge in [-0.05, 0) is 41.8 Å². The molecule has 2 aromatic rings. The maximum atomic E-state index is 13.5. The number of rotatable bonds is 6. The van der Waals surface area contributed by atoms with Gasteiger partial charge in [-0.1, -0.05) is 41.4 Å². The Bertz CT molecular complexity index is 1030. The second-order valence-corrected chi connectivity index (χ2v) is 8.59. The topological polar surface area (TPSA) is 95.4 Å². The van der Waals surface area contributed by atoms with E-state index in [0.717, 1.165) is 6.07 Å². The summed E-state index contributed by atoms with van der Waals surface area (Å²) in [7, 11) is 0. The van der Waals surface area contributed by atoms with Crippen LogP contribution in [0.4, 0.5) is 17.6 Å². The Morgan fingerprint density at radius 3 is 2.45 bits per heavy atom. The standard InChI is InChI=1S/C20H16Cl2F4N2O3/c21-19(22)15(10-4-5-13(23)12(8-10)20(24,25)26)16(19)18(30)31-11-3-1-2-9(6-11)7-14(27)17(28)29/h1-6,8,14-16H,7,27H2,(H2,28,29)/t14-,15?,16?/m1/s1. The zero-order valence-corrected chi connectivity index (χ0v) is 17.1. The minimum absolute atomic E-state index is 0.0399. The number of esters is 1. The summed E-state index contributed by atoms with van der Waals surface area (Å²) >= 11 is 12.3. The summed E-state index contributed by atoms with van der Waals surface area (Å²) in [5, 5.41) is 0. The van der Waals surface area contributed by atoms with Gasteiger partial charge >= 0.3 is 12.1 Å². The predicted molar refractivity (Wildman–Crippen MR) is 105 cm³/mol. The van der Waals surface area contributed by atoms with E-state index in [1.165, 1.54) is 12.1 Å². The number of ether oxygens (including phenoxy) is 1. The number of alkyl halides is 5. The molecule has 1 fully saturated rings. The first kappa shape index (κ1) is 23.3. The molecule has 2 unspecified atom stereocenters. The summed E-state index contributed by atoms with van der Waals surface area (Å²) in [6, 6.07) is 7.50. The van der Waals surface area contributed by atoms with Gasteiger partial charge in [0, 0.05) is 5.92 Å². The van der Waals surface area contributed by atoms with Crippen LogP contribution in [0.25, 0.3) is 0 Å². The lowest BCUT2D eigenvalue weighted by molar-refractivity contribution is -0.140. The fourth-order valence-corrected chi connectivity index (χ4v) is 4.07. The van der Waals surface area contributed by atoms with E-state index in [2.05, 4.69) is 0 Å². The molecule has 0 spiro atoms. The van der Waals surface area contributed by atoms with Crippen LogP contribution >= 0.6 is 23.2 Å². The molecule has 4 N–H and O–H groups in total. The first-order chi connectivity index (χ1) is 14.3. The van der Waals surface area contributed by atoms with Crippen molar-refractivity contribution < 1.29 is 31.9 Å². The zero-order valence-electron chi connectivity index (χ0n) is 15.6. The SMILES string of the molecule is NC(=O)[C@H](N)Cc1cccc(OC(=O)C2C(c3ccc(F)c(C(F)(F)F)c3)C2(Cl)Cl)c1. The molecule has 1 amide bonds. The molecule has 166 valence electrons. The Morgan fingerprint density at radius 1 is 1.16 bits per heavy atom. The van der Waals surface area contributed by atoms with Gasteiger partial charge in [0.2, 0.25) is 5.91 Å². The zero-order chi connectivity index (χ0) is 23.1. The van der Waals surface area contributed by atoms with Gasteiger partial charge < -0.3 is 16.2 Å². The summed E-state index contributed by atoms with van der Waals surface area (Å²) in [4.78, 5) is 23.7. The molecule has 0 bridgehead atoms. The van der Waals surface area contributed by atoms with Gasteiger partial charge in [0.05, 0.1) is 11.6 Å². The van der Waals surface area contributed by atoms with Crippen molar-refractivity contribution in [3.63, 3.8) is 0 Å². The third-order valence-corrected chi connectivity index (χ3v) is 5.84. The van der Waals surface area contributed by atoms with E-state index in [9.17, 15) is 27.2 Å². The minimum atomic E-state index is -4.92. The largest absolute Gasteiger partial charge is 0.426 e. The molecule has 3 atom stereocenters. The number of halogens is 6. The van der Waals surface area contributed by atoms with Crippen molar-refractivity contribution in [2.75, 3.05) is 0 Å². The van der Waals surface area contributed by atoms with Crippen LogP contribution in [0.15, 0.2) is 42.5 Å². The van der Waals surface area contributed by atoms with Crippen LogP contribution in [-0.2, 0) is 22.2 Å². The maximum Gasteiger partial charge on any atom is 0.419 e. The van der Waals surface area contributed by atoms with Crippen LogP contribution < -0.4 is 16.2 Å². The van der Waals surface area contributed by atoms with Gasteiger partial charge in [0.1, 0.15) is 21.8 Å². The highest BCUT2D eigenvalue weighted by atomic mass is 35.5. The summed E-state index contributed by atoms with van der Waals surface area (Å²) in [5.74, 6) is -5.10. The maximum absolute atomic E-state index is 13.5. The van der Waals surface area contributed by atoms with E-state index in [1.807, 2.05) is 0 Å². The van der Waals surface area contributed by atoms with Crippen molar-refractivity contribution in [2.45, 2.75) is 28.9 Å². The Balaban J connectivity index is 1.77. The summed E-state index contributed by atoms with van der Waals surface area (Å²) in [6.45, 7) is 0. The molecule has 0 aliphatic heterocycles. The molecule has 3 rings (SSSR count). The molecule has 2 aromatic carbocycles. The Kier molecular flexibility index (Phi) is 6.23. The third-order valence-electron chi connectivity index (χ3n) is 4.90. The molecular weight excluding hydrogens is 463 g/mol. The van der Waals surface area contributed by atoms with Gasteiger partial charge in [-0.15, -0.1) is 0 Å². The van der Waals surface area contributed by atoms with E-state index in [-0.39, 0.29) is 17.7 Å². The lowest BCUT2D eigenvalue weighted by atomic mass is 10.0. The second-order valence-electron chi connectivity index (χ2n) is 7.15. The van der Waals surface area contributed by atoms with Gasteiger partial charge in [0.15, 0.2) is 0 Å². The van der Waals surface area contributed by atoms with Crippen LogP contribution in [0, 0.1) is 11.7 Å². The quantitative estimate of drug-likeness (QED) is 0.286. The molecule has 0 radical (unpaired) electrons. The van der Waals surface area contributed by atoms with Crippen molar-refractivity contribution in [1.82, 2.24) is 0 Å². The van der Waals surface area contributed by atoms with E-state index in [0.29, 0.717) is 17.7 Å². The van der Waals surface area contributed by atoms with Crippen molar-refractivity contribution >= 4 is 35.1 Å². The molecular formula is C20H16Cl2F4N2O3. The molecule has 0 aromatic heterocycles. The smallest absolute Gasteiger partial charge is 0.419 e. The van der Waals surface area contributed by atoms with Crippen molar-refractivity contribution in [3.05, 3.63) is 65.0 Å². The van der Waals surface area contributed by atoms with Crippen LogP contribution in [0.2, 0.25) is 0 Å². The highest BCUT2D eigenvalue weighted by Crippen LogP contribution is 2.65. The number of carbonyl (C=O) groups excluding carboxylic acids is 2. The number of primary amides is 1. The average Bonchev–Trinajstić information content (AvgIpc) is 3.23. The average molecular weight is 479 g/mol. The lowest BCUT2D eigenvalue weighted by Crippen LogP contribution is -2.38. The lowest BCUT2D eigenvalue weighted by Gasteiger charge is -2.10. The van der Waals surface area contributed by atoms with Crippen LogP contribution in [0.5, 0.6) is 5.75 Å². The van der Waals surface area contributed by atoms with Gasteiger partial charge in [-0.3, -0.25) is 9.59 Å². The highest BCUT2D eigenvalue weighted by Gasteiger charge is 2.69. The van der Waals surface area contributed by atoms with E-state index >= 15 is 0 Å². The fraction of sp³-hybridized carbons (Fsp3) is 0.300. The normalized spacial score (nSPS) is 20.7. The molecule has 1 aliphatic rings. The number of hydrogen-bond acceptors (Lipinski definition) is 4. The van der Waals surface area contributed by atoms with Gasteiger partial charge in [-0.2, -0.15) is 13.2 Å². The second kappa shape index (κ2) is 8.29. The number of hydrogen-bond donors (Lipinski definition) is 2. The number of benzene rings is 2. The summed E-state index contributed by atoms with van der Waals surface area (Å²) in [5.41, 5.74) is 9.78. The van der Waals surface area contributed by atoms with Crippen LogP contribution in [0.1, 0.15) is 22.6 Å². The van der Waals surface area contributed by atoms with Crippen molar-refractivity contribution in [1.29, 1.82) is 0 Å². The van der Waals surface area contributed by atoms with Crippen LogP contribution in [0.3, 0.4) is 0 Å². The summed E-state index contributed by atoms with van der Waals surface area (Å²) in [6.07, 6.45) is -4.81. The van der Waals surface area contributed by atoms with Crippen molar-refractivity contribution in [2.24, 2.45) is 17.4 Å². The molecule has 0 saturated heterocycles. The Hall–Kier alpha value is -2.36. The summed E-state index contributed by atoms with van der Waals surface area (Å²) < 4.78 is 56.1. The van der Waals surface area contributed by atoms with Gasteiger partial charge in [0.25, 0.3) is 0 Å². The predicted octanol–water partition coefficient (Wildman–Crippen LogP) is 3.69. The number of amides is 1. The van der Waals surface area contributed by atoms with Crippen molar-refractivity contribution in [3.8, 4) is 5.75 Å². The molecule has 1 saturated carbocycles. The first-order valence-electron chi connectivity index (χ1n) is 8.92. The molecule has 1 aliphatic carbocycles. The fourth-order valence-electron chi connectivity index (χ4n) is 3.26. The molecule has 0 heterocycles. The van der Waals surface area contributed by atoms with E-state index in [4.69, 9.17) is 39.4 Å². The third kappa shape index (κ3) is 4.94. The first-order valence-corrected chi connectivity index (χ1v) is 9.68. The van der Waals surface area contributed by atoms with Gasteiger partial charge in [-0.25, -0.2) is 4.39 Å². The monoisotopic (exact) mass is 478 g/mol.